The molecule has 0 spiro atoms. The van der Waals surface area contributed by atoms with Crippen LogP contribution in [0.5, 0.6) is 5.75 Å². The van der Waals surface area contributed by atoms with Crippen LogP contribution in [0, 0.1) is 23.5 Å². The Morgan fingerprint density at radius 2 is 1.81 bits per heavy atom. The Balaban J connectivity index is 1.16. The molecule has 0 unspecified atom stereocenters. The maximum absolute atomic E-state index is 14.5. The van der Waals surface area contributed by atoms with Gasteiger partial charge in [0, 0.05) is 81.4 Å². The number of piperidine rings is 1. The largest absolute Gasteiger partial charge is 0.493 e. The van der Waals surface area contributed by atoms with Crippen molar-refractivity contribution in [2.24, 2.45) is 11.8 Å². The summed E-state index contributed by atoms with van der Waals surface area (Å²) < 4.78 is 39.8. The summed E-state index contributed by atoms with van der Waals surface area (Å²) in [5.41, 5.74) is 2.77. The molecular formula is C26H35F2N5O4. The summed E-state index contributed by atoms with van der Waals surface area (Å²) in [4.78, 5) is 24.9. The van der Waals surface area contributed by atoms with Crippen LogP contribution in [0.4, 0.5) is 14.7 Å². The van der Waals surface area contributed by atoms with Crippen LogP contribution in [0.1, 0.15) is 36.8 Å². The number of nitrogens with one attached hydrogen (secondary N) is 1. The van der Waals surface area contributed by atoms with E-state index in [0.29, 0.717) is 38.8 Å². The highest BCUT2D eigenvalue weighted by Crippen LogP contribution is 2.26. The van der Waals surface area contributed by atoms with E-state index >= 15 is 0 Å². The zero-order chi connectivity index (χ0) is 26.2. The zero-order valence-corrected chi connectivity index (χ0v) is 21.2. The highest BCUT2D eigenvalue weighted by molar-refractivity contribution is 5.79. The van der Waals surface area contributed by atoms with Crippen molar-refractivity contribution in [2.75, 3.05) is 51.3 Å². The summed E-state index contributed by atoms with van der Waals surface area (Å²) in [5, 5.41) is 8.70. The maximum Gasteiger partial charge on any atom is 0.227 e. The number of hydroxylamine groups is 1. The minimum absolute atomic E-state index is 0.133. The molecule has 1 amide bonds. The van der Waals surface area contributed by atoms with Gasteiger partial charge < -0.3 is 24.5 Å². The van der Waals surface area contributed by atoms with Crippen molar-refractivity contribution in [3.63, 3.8) is 0 Å². The molecule has 1 aromatic heterocycles. The summed E-state index contributed by atoms with van der Waals surface area (Å²) in [6.07, 6.45) is 7.08. The fraction of sp³-hybridized carbons (Fsp3) is 0.577. The zero-order valence-electron chi connectivity index (χ0n) is 21.2. The third kappa shape index (κ3) is 7.33. The van der Waals surface area contributed by atoms with Gasteiger partial charge in [-0.25, -0.2) is 24.2 Å². The molecule has 0 aliphatic carbocycles. The molecule has 1 aromatic carbocycles. The molecule has 37 heavy (non-hydrogen) atoms. The molecule has 4 rings (SSSR count). The normalized spacial score (nSPS) is 16.6. The third-order valence-corrected chi connectivity index (χ3v) is 7.06. The van der Waals surface area contributed by atoms with E-state index in [9.17, 15) is 13.6 Å². The predicted octanol–water partition coefficient (Wildman–Crippen LogP) is 2.96. The number of amides is 1. The molecule has 2 saturated heterocycles. The topological polar surface area (TPSA) is 100 Å². The molecule has 0 saturated carbocycles. The van der Waals surface area contributed by atoms with E-state index in [1.807, 2.05) is 0 Å². The third-order valence-electron chi connectivity index (χ3n) is 7.06. The SMILES string of the molecule is COCc1cnc(N2CCC(CCCOc3cc(F)c(CC(=O)N4CC(CNO)C4)c(F)c3)CC2)nc1. The Bertz CT molecular complexity index is 1010. The number of halogens is 2. The molecule has 202 valence electrons. The molecule has 0 bridgehead atoms. The molecule has 0 radical (unpaired) electrons. The summed E-state index contributed by atoms with van der Waals surface area (Å²) in [5.74, 6) is -0.300. The van der Waals surface area contributed by atoms with Gasteiger partial charge in [-0.15, -0.1) is 0 Å². The molecular weight excluding hydrogens is 484 g/mol. The second kappa shape index (κ2) is 13.1. The predicted molar refractivity (Wildman–Crippen MR) is 132 cm³/mol. The Hall–Kier alpha value is -2.89. The summed E-state index contributed by atoms with van der Waals surface area (Å²) in [6, 6.07) is 2.30. The van der Waals surface area contributed by atoms with Gasteiger partial charge in [-0.3, -0.25) is 4.79 Å². The number of ether oxygens (including phenoxy) is 2. The van der Waals surface area contributed by atoms with Gasteiger partial charge in [0.05, 0.1) is 19.6 Å². The van der Waals surface area contributed by atoms with E-state index in [2.05, 4.69) is 20.3 Å². The maximum atomic E-state index is 14.5. The molecule has 11 heteroatoms. The van der Waals surface area contributed by atoms with Crippen molar-refractivity contribution in [1.82, 2.24) is 20.3 Å². The van der Waals surface area contributed by atoms with E-state index in [-0.39, 0.29) is 29.6 Å². The minimum atomic E-state index is -0.776. The monoisotopic (exact) mass is 519 g/mol. The Kier molecular flexibility index (Phi) is 9.59. The smallest absolute Gasteiger partial charge is 0.227 e. The fourth-order valence-electron chi connectivity index (χ4n) is 4.86. The summed E-state index contributed by atoms with van der Waals surface area (Å²) >= 11 is 0. The number of hydrogen-bond donors (Lipinski definition) is 2. The first-order valence-corrected chi connectivity index (χ1v) is 12.8. The van der Waals surface area contributed by atoms with Crippen molar-refractivity contribution >= 4 is 11.9 Å². The fourth-order valence-corrected chi connectivity index (χ4v) is 4.86. The first-order valence-electron chi connectivity index (χ1n) is 12.8. The van der Waals surface area contributed by atoms with Crippen molar-refractivity contribution in [1.29, 1.82) is 0 Å². The Morgan fingerprint density at radius 1 is 1.14 bits per heavy atom. The number of likely N-dealkylation sites (tertiary alicyclic amines) is 1. The van der Waals surface area contributed by atoms with Crippen LogP contribution in [-0.2, 0) is 22.6 Å². The van der Waals surface area contributed by atoms with Gasteiger partial charge in [-0.2, -0.15) is 0 Å². The molecule has 0 atom stereocenters. The summed E-state index contributed by atoms with van der Waals surface area (Å²) in [7, 11) is 1.64. The first-order chi connectivity index (χ1) is 18.0. The first kappa shape index (κ1) is 27.2. The van der Waals surface area contributed by atoms with E-state index in [1.165, 1.54) is 4.90 Å². The number of hydrogen-bond acceptors (Lipinski definition) is 8. The lowest BCUT2D eigenvalue weighted by Gasteiger charge is -2.39. The van der Waals surface area contributed by atoms with Crippen LogP contribution in [0.15, 0.2) is 24.5 Å². The Labute approximate surface area is 215 Å². The van der Waals surface area contributed by atoms with Gasteiger partial charge in [0.15, 0.2) is 0 Å². The van der Waals surface area contributed by atoms with Crippen LogP contribution in [0.3, 0.4) is 0 Å². The molecule has 2 aliphatic rings. The van der Waals surface area contributed by atoms with Crippen molar-refractivity contribution in [3.05, 3.63) is 47.3 Å². The number of carbonyl (C=O) groups is 1. The van der Waals surface area contributed by atoms with Gasteiger partial charge in [0.25, 0.3) is 0 Å². The van der Waals surface area contributed by atoms with Crippen molar-refractivity contribution < 1.29 is 28.3 Å². The number of methoxy groups -OCH3 is 1. The quantitative estimate of drug-likeness (QED) is 0.326. The van der Waals surface area contributed by atoms with E-state index in [1.54, 1.807) is 19.5 Å². The molecule has 2 fully saturated rings. The number of nitrogens with zero attached hydrogens (tertiary/aromatic N) is 4. The van der Waals surface area contributed by atoms with Gasteiger partial charge in [-0.05, 0) is 31.6 Å². The summed E-state index contributed by atoms with van der Waals surface area (Å²) in [6.45, 7) is 3.96. The van der Waals surface area contributed by atoms with E-state index < -0.39 is 11.6 Å². The van der Waals surface area contributed by atoms with Gasteiger partial charge in [0.1, 0.15) is 17.4 Å². The van der Waals surface area contributed by atoms with Crippen LogP contribution < -0.4 is 15.1 Å². The van der Waals surface area contributed by atoms with E-state index in [0.717, 1.165) is 62.4 Å². The van der Waals surface area contributed by atoms with Crippen LogP contribution in [0.2, 0.25) is 0 Å². The van der Waals surface area contributed by atoms with Crippen LogP contribution in [0.25, 0.3) is 0 Å². The molecule has 2 N–H and O–H groups in total. The molecule has 2 aromatic rings. The second-order valence-electron chi connectivity index (χ2n) is 9.81. The molecule has 9 nitrogen and oxygen atoms in total. The van der Waals surface area contributed by atoms with Crippen molar-refractivity contribution in [2.45, 2.75) is 38.7 Å². The van der Waals surface area contributed by atoms with Crippen LogP contribution >= 0.6 is 0 Å². The number of aromatic nitrogens is 2. The second-order valence-corrected chi connectivity index (χ2v) is 9.81. The lowest BCUT2D eigenvalue weighted by molar-refractivity contribution is -0.137. The average Bonchev–Trinajstić information content (AvgIpc) is 2.87. The standard InChI is InChI=1S/C26H35F2N5O4/c1-36-17-19-12-29-26(30-13-19)32-6-4-18(5-7-32)3-2-8-37-21-9-23(27)22(24(28)10-21)11-25(34)33-15-20(16-33)14-31-35/h9-10,12-13,18,20,31,35H,2-8,11,14-17H2,1H3. The number of benzene rings is 1. The lowest BCUT2D eigenvalue weighted by atomic mass is 9.92. The van der Waals surface area contributed by atoms with Crippen molar-refractivity contribution in [3.8, 4) is 5.75 Å². The highest BCUT2D eigenvalue weighted by Gasteiger charge is 2.31. The molecule has 2 aliphatic heterocycles. The Morgan fingerprint density at radius 3 is 2.43 bits per heavy atom. The number of anilines is 1. The minimum Gasteiger partial charge on any atom is -0.493 e. The van der Waals surface area contributed by atoms with Gasteiger partial charge >= 0.3 is 0 Å². The number of rotatable bonds is 12. The molecule has 3 heterocycles. The van der Waals surface area contributed by atoms with Gasteiger partial charge in [-0.1, -0.05) is 0 Å². The lowest BCUT2D eigenvalue weighted by Crippen LogP contribution is -2.53. The van der Waals surface area contributed by atoms with Gasteiger partial charge in [0.2, 0.25) is 11.9 Å². The highest BCUT2D eigenvalue weighted by atomic mass is 19.1. The average molecular weight is 520 g/mol. The number of carbonyl (C=O) groups excluding carboxylic acids is 1. The van der Waals surface area contributed by atoms with E-state index in [4.69, 9.17) is 14.7 Å². The van der Waals surface area contributed by atoms with Crippen LogP contribution in [-0.4, -0.2) is 72.4 Å².